The third kappa shape index (κ3) is 4.55. The molecule has 6 aromatic carbocycles. The van der Waals surface area contributed by atoms with E-state index < -0.39 is 11.1 Å². The van der Waals surface area contributed by atoms with E-state index in [4.69, 9.17) is 9.73 Å². The number of para-hydroxylation sites is 2. The lowest BCUT2D eigenvalue weighted by Gasteiger charge is -2.46. The molecule has 0 saturated heterocycles. The van der Waals surface area contributed by atoms with Crippen molar-refractivity contribution in [1.29, 1.82) is 0 Å². The number of Topliss-reactive ketones (excluding diaryl/α,β-unsaturated/α-hetero) is 1. The van der Waals surface area contributed by atoms with Crippen molar-refractivity contribution in [2.45, 2.75) is 49.3 Å². The van der Waals surface area contributed by atoms with Crippen molar-refractivity contribution in [3.8, 4) is 16.9 Å². The molecule has 1 spiro atoms. The van der Waals surface area contributed by atoms with Crippen LogP contribution in [0.3, 0.4) is 0 Å². The summed E-state index contributed by atoms with van der Waals surface area (Å²) in [5.74, 6) is 1.87. The maximum Gasteiger partial charge on any atom is 0.229 e. The topological polar surface area (TPSA) is 45.1 Å². The van der Waals surface area contributed by atoms with Gasteiger partial charge in [0.15, 0.2) is 11.5 Å². The molecule has 0 aromatic heterocycles. The molecule has 0 N–H and O–H groups in total. The van der Waals surface area contributed by atoms with Gasteiger partial charge in [-0.25, -0.2) is 0 Å². The van der Waals surface area contributed by atoms with Crippen molar-refractivity contribution in [3.05, 3.63) is 144 Å². The van der Waals surface area contributed by atoms with Crippen LogP contribution in [0, 0.1) is 0 Å². The third-order valence-corrected chi connectivity index (χ3v) is 12.5. The van der Waals surface area contributed by atoms with Crippen LogP contribution >= 0.6 is 11.8 Å². The van der Waals surface area contributed by atoms with Crippen LogP contribution in [0.1, 0.15) is 47.3 Å². The monoisotopic (exact) mass is 683 g/mol. The number of hydrogen-bond donors (Lipinski definition) is 0. The lowest BCUT2D eigenvalue weighted by molar-refractivity contribution is 0.0765. The molecule has 51 heavy (non-hydrogen) atoms. The zero-order chi connectivity index (χ0) is 34.3. The predicted molar refractivity (Wildman–Crippen MR) is 210 cm³/mol. The van der Waals surface area contributed by atoms with E-state index in [0.29, 0.717) is 13.0 Å². The minimum Gasteiger partial charge on any atom is -0.459 e. The van der Waals surface area contributed by atoms with Crippen LogP contribution in [0.2, 0.25) is 0 Å². The highest BCUT2D eigenvalue weighted by Crippen LogP contribution is 2.57. The van der Waals surface area contributed by atoms with Crippen LogP contribution in [0.15, 0.2) is 131 Å². The van der Waals surface area contributed by atoms with E-state index in [2.05, 4.69) is 151 Å². The van der Waals surface area contributed by atoms with Gasteiger partial charge in [-0.3, -0.25) is 9.79 Å². The van der Waals surface area contributed by atoms with Gasteiger partial charge in [0.2, 0.25) is 5.72 Å². The van der Waals surface area contributed by atoms with Gasteiger partial charge in [-0.15, -0.1) is 11.8 Å². The summed E-state index contributed by atoms with van der Waals surface area (Å²) in [6.07, 6.45) is 3.63. The maximum absolute atomic E-state index is 12.9. The molecule has 250 valence electrons. The molecule has 4 aliphatic rings. The standard InChI is InChI=1S/C45H37N3O2S/c1-44(2)36-13-7-9-15-38(36)48(27-29-10-4-3-5-11-29)45(44)28-46-43-33-18-16-31(32-17-19-42-35(25-32)40(49)21-23-51-42)24-34(33)39(26-41(43)50-45)47-22-20-30-12-6-8-14-37(30)47/h3-19,24-26,28H,20-23,27H2,1-2H3. The van der Waals surface area contributed by atoms with Gasteiger partial charge < -0.3 is 14.5 Å². The summed E-state index contributed by atoms with van der Waals surface area (Å²) in [6, 6.07) is 43.3. The molecule has 1 unspecified atom stereocenters. The van der Waals surface area contributed by atoms with Gasteiger partial charge in [0, 0.05) is 63.9 Å². The molecule has 5 nitrogen and oxygen atoms in total. The quantitative estimate of drug-likeness (QED) is 0.185. The zero-order valence-corrected chi connectivity index (χ0v) is 29.5. The van der Waals surface area contributed by atoms with Crippen LogP contribution < -0.4 is 14.5 Å². The van der Waals surface area contributed by atoms with Crippen LogP contribution in [-0.2, 0) is 18.4 Å². The molecule has 0 fully saturated rings. The Hall–Kier alpha value is -5.33. The predicted octanol–water partition coefficient (Wildman–Crippen LogP) is 10.7. The Bertz CT molecular complexity index is 2440. The van der Waals surface area contributed by atoms with Crippen molar-refractivity contribution < 1.29 is 9.53 Å². The largest absolute Gasteiger partial charge is 0.459 e. The fourth-order valence-electron chi connectivity index (χ4n) is 8.68. The Morgan fingerprint density at radius 1 is 0.765 bits per heavy atom. The number of anilines is 3. The van der Waals surface area contributed by atoms with Gasteiger partial charge in [0.1, 0.15) is 5.69 Å². The summed E-state index contributed by atoms with van der Waals surface area (Å²) in [4.78, 5) is 24.2. The van der Waals surface area contributed by atoms with Crippen LogP contribution in [0.25, 0.3) is 21.9 Å². The molecule has 6 aromatic rings. The third-order valence-electron chi connectivity index (χ3n) is 11.4. The van der Waals surface area contributed by atoms with Crippen LogP contribution in [0.4, 0.5) is 22.7 Å². The van der Waals surface area contributed by atoms with Crippen molar-refractivity contribution >= 4 is 57.3 Å². The molecule has 4 heterocycles. The van der Waals surface area contributed by atoms with E-state index in [9.17, 15) is 4.79 Å². The average Bonchev–Trinajstić information content (AvgIpc) is 3.67. The number of hydrogen-bond acceptors (Lipinski definition) is 6. The molecule has 4 aliphatic heterocycles. The van der Waals surface area contributed by atoms with Crippen molar-refractivity contribution in [3.63, 3.8) is 0 Å². The Balaban J connectivity index is 1.16. The number of ether oxygens (including phenoxy) is 1. The molecule has 6 heteroatoms. The fraction of sp³-hybridized carbons (Fsp3) is 0.200. The Kier molecular flexibility index (Phi) is 6.78. The SMILES string of the molecule is CC1(C)c2ccccc2N(Cc2ccccc2)C12C=Nc1c(cc(N3CCc4ccccc43)c3cc(-c4ccc5c(c4)C(=O)CCS5)ccc13)O2. The van der Waals surface area contributed by atoms with Crippen LogP contribution in [0.5, 0.6) is 5.75 Å². The number of benzene rings is 6. The number of thioether (sulfide) groups is 1. The molecule has 0 radical (unpaired) electrons. The second kappa shape index (κ2) is 11.3. The number of carbonyl (C=O) groups is 1. The molecule has 0 bridgehead atoms. The maximum atomic E-state index is 12.9. The first-order valence-corrected chi connectivity index (χ1v) is 18.8. The summed E-state index contributed by atoms with van der Waals surface area (Å²) in [5, 5.41) is 2.17. The average molecular weight is 684 g/mol. The molecular formula is C45H37N3O2S. The van der Waals surface area contributed by atoms with E-state index >= 15 is 0 Å². The lowest BCUT2D eigenvalue weighted by Crippen LogP contribution is -2.61. The van der Waals surface area contributed by atoms with E-state index in [-0.39, 0.29) is 5.78 Å². The van der Waals surface area contributed by atoms with E-state index in [0.717, 1.165) is 68.2 Å². The Morgan fingerprint density at radius 3 is 2.41 bits per heavy atom. The minimum absolute atomic E-state index is 0.230. The molecule has 1 atom stereocenters. The van der Waals surface area contributed by atoms with Gasteiger partial charge in [0.25, 0.3) is 0 Å². The summed E-state index contributed by atoms with van der Waals surface area (Å²) in [6.45, 7) is 6.13. The second-order valence-corrected chi connectivity index (χ2v) is 15.7. The zero-order valence-electron chi connectivity index (χ0n) is 28.7. The summed E-state index contributed by atoms with van der Waals surface area (Å²) < 4.78 is 7.46. The Labute approximate surface area is 302 Å². The molecule has 0 amide bonds. The van der Waals surface area contributed by atoms with Crippen molar-refractivity contribution in [1.82, 2.24) is 0 Å². The summed E-state index contributed by atoms with van der Waals surface area (Å²) >= 11 is 1.77. The fourth-order valence-corrected chi connectivity index (χ4v) is 9.68. The van der Waals surface area contributed by atoms with Gasteiger partial charge in [0.05, 0.1) is 17.3 Å². The first-order chi connectivity index (χ1) is 24.9. The normalized spacial score (nSPS) is 19.5. The molecule has 10 rings (SSSR count). The first-order valence-electron chi connectivity index (χ1n) is 17.8. The molecular weight excluding hydrogens is 647 g/mol. The molecule has 0 saturated carbocycles. The smallest absolute Gasteiger partial charge is 0.229 e. The highest BCUT2D eigenvalue weighted by Gasteiger charge is 2.59. The van der Waals surface area contributed by atoms with Gasteiger partial charge in [-0.1, -0.05) is 84.9 Å². The van der Waals surface area contributed by atoms with Gasteiger partial charge in [-0.2, -0.15) is 0 Å². The van der Waals surface area contributed by atoms with E-state index in [1.807, 2.05) is 0 Å². The number of rotatable bonds is 4. The number of ketones is 1. The number of carbonyl (C=O) groups excluding carboxylic acids is 1. The highest BCUT2D eigenvalue weighted by molar-refractivity contribution is 7.99. The number of aliphatic imine (C=N–C) groups is 1. The molecule has 0 aliphatic carbocycles. The van der Waals surface area contributed by atoms with Gasteiger partial charge in [-0.05, 0) is 78.4 Å². The highest BCUT2D eigenvalue weighted by atomic mass is 32.2. The van der Waals surface area contributed by atoms with Crippen molar-refractivity contribution in [2.75, 3.05) is 22.1 Å². The summed E-state index contributed by atoms with van der Waals surface area (Å²) in [7, 11) is 0. The number of nitrogens with zero attached hydrogens (tertiary/aromatic N) is 3. The minimum atomic E-state index is -0.846. The number of fused-ring (bicyclic) bond motifs is 6. The van der Waals surface area contributed by atoms with E-state index in [1.54, 1.807) is 11.8 Å². The Morgan fingerprint density at radius 2 is 1.53 bits per heavy atom. The first kappa shape index (κ1) is 30.5. The summed E-state index contributed by atoms with van der Waals surface area (Å²) in [5.41, 5.74) is 9.90. The van der Waals surface area contributed by atoms with E-state index in [1.165, 1.54) is 28.1 Å². The van der Waals surface area contributed by atoms with Gasteiger partial charge >= 0.3 is 0 Å². The lowest BCUT2D eigenvalue weighted by atomic mass is 9.77. The van der Waals surface area contributed by atoms with Crippen molar-refractivity contribution in [2.24, 2.45) is 4.99 Å². The van der Waals surface area contributed by atoms with Crippen LogP contribution in [-0.4, -0.2) is 30.0 Å². The second-order valence-electron chi connectivity index (χ2n) is 14.5.